The predicted octanol–water partition coefficient (Wildman–Crippen LogP) is 1.82. The number of hydrogen-bond donors (Lipinski definition) is 3. The van der Waals surface area contributed by atoms with Crippen molar-refractivity contribution in [3.05, 3.63) is 24.3 Å². The summed E-state index contributed by atoms with van der Waals surface area (Å²) in [5.41, 5.74) is 0.467. The Kier molecular flexibility index (Phi) is 4.86. The maximum atomic E-state index is 11.8. The minimum absolute atomic E-state index is 0.0367. The molecule has 1 aliphatic heterocycles. The Balaban J connectivity index is 1.90. The van der Waals surface area contributed by atoms with Gasteiger partial charge >= 0.3 is 5.97 Å². The van der Waals surface area contributed by atoms with Crippen molar-refractivity contribution >= 4 is 5.97 Å². The standard InChI is InChI=1S/C20H30O5/c1-12-4-7-16-19(2,9-8-17(23)20(16,3)11-21)14(12)6-5-13-15(22)10-25-18(13)24/h5-6,13-17,21-23H,1,4,7-11H2,2-3H3/b6-5+/t13-,14-,15+,16-,17+,19-,20-/m0/s1. The third kappa shape index (κ3) is 2.86. The van der Waals surface area contributed by atoms with Crippen molar-refractivity contribution in [2.24, 2.45) is 28.6 Å². The molecule has 0 spiro atoms. The van der Waals surface area contributed by atoms with Crippen LogP contribution in [0.3, 0.4) is 0 Å². The van der Waals surface area contributed by atoms with Crippen molar-refractivity contribution in [1.82, 2.24) is 0 Å². The fourth-order valence-electron chi connectivity index (χ4n) is 5.45. The van der Waals surface area contributed by atoms with Crippen molar-refractivity contribution in [1.29, 1.82) is 0 Å². The average molecular weight is 350 g/mol. The maximum Gasteiger partial charge on any atom is 0.315 e. The lowest BCUT2D eigenvalue weighted by atomic mass is 9.46. The quantitative estimate of drug-likeness (QED) is 0.534. The highest BCUT2D eigenvalue weighted by Crippen LogP contribution is 2.61. The minimum Gasteiger partial charge on any atom is -0.462 e. The molecule has 0 aromatic heterocycles. The molecule has 1 heterocycles. The SMILES string of the molecule is C=C1CC[C@@H]2[C@](C)(CO)[C@H](O)CC[C@@]2(C)[C@H]1/C=C/[C@@H]1C(=O)OC[C@H]1O. The van der Waals surface area contributed by atoms with Gasteiger partial charge < -0.3 is 20.1 Å². The summed E-state index contributed by atoms with van der Waals surface area (Å²) in [5.74, 6) is -0.763. The third-order valence-electron chi connectivity index (χ3n) is 7.15. The van der Waals surface area contributed by atoms with Crippen LogP contribution in [0.25, 0.3) is 0 Å². The van der Waals surface area contributed by atoms with Gasteiger partial charge in [0.2, 0.25) is 0 Å². The summed E-state index contributed by atoms with van der Waals surface area (Å²) in [6, 6.07) is 0. The monoisotopic (exact) mass is 350 g/mol. The van der Waals surface area contributed by atoms with Crippen LogP contribution in [0.5, 0.6) is 0 Å². The molecular formula is C20H30O5. The number of carbonyl (C=O) groups is 1. The van der Waals surface area contributed by atoms with Crippen LogP contribution in [-0.2, 0) is 9.53 Å². The van der Waals surface area contributed by atoms with Crippen LogP contribution >= 0.6 is 0 Å². The van der Waals surface area contributed by atoms with Gasteiger partial charge in [-0.3, -0.25) is 4.79 Å². The molecule has 140 valence electrons. The Morgan fingerprint density at radius 2 is 2.00 bits per heavy atom. The molecule has 0 bridgehead atoms. The van der Waals surface area contributed by atoms with E-state index in [2.05, 4.69) is 13.5 Å². The number of allylic oxidation sites excluding steroid dienone is 2. The molecule has 3 N–H and O–H groups in total. The summed E-state index contributed by atoms with van der Waals surface area (Å²) >= 11 is 0. The molecule has 3 fully saturated rings. The van der Waals surface area contributed by atoms with E-state index in [9.17, 15) is 20.1 Å². The number of cyclic esters (lactones) is 1. The predicted molar refractivity (Wildman–Crippen MR) is 93.5 cm³/mol. The lowest BCUT2D eigenvalue weighted by Crippen LogP contribution is -2.57. The molecule has 1 saturated heterocycles. The van der Waals surface area contributed by atoms with Crippen LogP contribution in [0.15, 0.2) is 24.3 Å². The molecule has 0 unspecified atom stereocenters. The molecule has 2 saturated carbocycles. The van der Waals surface area contributed by atoms with Gasteiger partial charge in [-0.1, -0.05) is 38.2 Å². The Labute approximate surface area is 149 Å². The number of aliphatic hydroxyl groups excluding tert-OH is 3. The lowest BCUT2D eigenvalue weighted by molar-refractivity contribution is -0.146. The van der Waals surface area contributed by atoms with Crippen LogP contribution in [-0.4, -0.2) is 46.7 Å². The minimum atomic E-state index is -0.792. The van der Waals surface area contributed by atoms with Crippen molar-refractivity contribution in [3.8, 4) is 0 Å². The van der Waals surface area contributed by atoms with Gasteiger partial charge in [0.1, 0.15) is 18.6 Å². The largest absolute Gasteiger partial charge is 0.462 e. The van der Waals surface area contributed by atoms with Crippen molar-refractivity contribution < 1.29 is 24.9 Å². The van der Waals surface area contributed by atoms with Crippen LogP contribution in [0.4, 0.5) is 0 Å². The number of rotatable bonds is 3. The topological polar surface area (TPSA) is 87.0 Å². The van der Waals surface area contributed by atoms with Gasteiger partial charge in [0.05, 0.1) is 12.7 Å². The molecule has 0 amide bonds. The second kappa shape index (κ2) is 6.53. The molecular weight excluding hydrogens is 320 g/mol. The number of ether oxygens (including phenoxy) is 1. The normalized spacial score (nSPS) is 47.8. The first-order valence-corrected chi connectivity index (χ1v) is 9.23. The zero-order valence-electron chi connectivity index (χ0n) is 15.1. The van der Waals surface area contributed by atoms with Crippen LogP contribution < -0.4 is 0 Å². The molecule has 25 heavy (non-hydrogen) atoms. The smallest absolute Gasteiger partial charge is 0.315 e. The van der Waals surface area contributed by atoms with Crippen LogP contribution in [0.2, 0.25) is 0 Å². The Bertz CT molecular complexity index is 585. The first-order chi connectivity index (χ1) is 11.7. The highest BCUT2D eigenvalue weighted by Gasteiger charge is 2.57. The molecule has 5 heteroatoms. The summed E-state index contributed by atoms with van der Waals surface area (Å²) in [6.45, 7) is 8.45. The molecule has 3 rings (SSSR count). The van der Waals surface area contributed by atoms with Crippen molar-refractivity contribution in [2.75, 3.05) is 13.2 Å². The van der Waals surface area contributed by atoms with Gasteiger partial charge in [0.25, 0.3) is 0 Å². The maximum absolute atomic E-state index is 11.8. The van der Waals surface area contributed by atoms with Gasteiger partial charge in [-0.25, -0.2) is 0 Å². The van der Waals surface area contributed by atoms with E-state index >= 15 is 0 Å². The Morgan fingerprint density at radius 1 is 1.28 bits per heavy atom. The van der Waals surface area contributed by atoms with E-state index in [0.29, 0.717) is 6.42 Å². The zero-order valence-corrected chi connectivity index (χ0v) is 15.1. The number of fused-ring (bicyclic) bond motifs is 1. The van der Waals surface area contributed by atoms with Gasteiger partial charge in [-0.15, -0.1) is 0 Å². The Hall–Kier alpha value is -1.17. The van der Waals surface area contributed by atoms with E-state index in [0.717, 1.165) is 24.8 Å². The highest BCUT2D eigenvalue weighted by atomic mass is 16.6. The molecule has 0 radical (unpaired) electrons. The van der Waals surface area contributed by atoms with Gasteiger partial charge in [-0.2, -0.15) is 0 Å². The number of hydrogen-bond acceptors (Lipinski definition) is 5. The zero-order chi connectivity index (χ0) is 18.4. The van der Waals surface area contributed by atoms with Crippen molar-refractivity contribution in [2.45, 2.75) is 51.7 Å². The highest BCUT2D eigenvalue weighted by molar-refractivity contribution is 5.77. The summed E-state index contributed by atoms with van der Waals surface area (Å²) in [7, 11) is 0. The van der Waals surface area contributed by atoms with Crippen LogP contribution in [0, 0.1) is 28.6 Å². The van der Waals surface area contributed by atoms with E-state index in [1.54, 1.807) is 6.08 Å². The number of carbonyl (C=O) groups excluding carboxylic acids is 1. The molecule has 0 aromatic carbocycles. The fourth-order valence-corrected chi connectivity index (χ4v) is 5.45. The van der Waals surface area contributed by atoms with E-state index in [1.165, 1.54) is 0 Å². The summed E-state index contributed by atoms with van der Waals surface area (Å²) in [4.78, 5) is 11.8. The Morgan fingerprint density at radius 3 is 2.60 bits per heavy atom. The van der Waals surface area contributed by atoms with E-state index in [1.807, 2.05) is 13.0 Å². The first kappa shape index (κ1) is 18.6. The third-order valence-corrected chi connectivity index (χ3v) is 7.15. The van der Waals surface area contributed by atoms with E-state index < -0.39 is 23.5 Å². The first-order valence-electron chi connectivity index (χ1n) is 9.23. The number of esters is 1. The molecule has 3 aliphatic rings. The molecule has 5 nitrogen and oxygen atoms in total. The molecule has 7 atom stereocenters. The molecule has 0 aromatic rings. The second-order valence-corrected chi connectivity index (χ2v) is 8.56. The van der Waals surface area contributed by atoms with Crippen LogP contribution in [0.1, 0.15) is 39.5 Å². The number of aliphatic hydroxyl groups is 3. The average Bonchev–Trinajstić information content (AvgIpc) is 2.89. The lowest BCUT2D eigenvalue weighted by Gasteiger charge is -2.59. The van der Waals surface area contributed by atoms with Gasteiger partial charge in [0.15, 0.2) is 0 Å². The summed E-state index contributed by atoms with van der Waals surface area (Å²) < 4.78 is 4.91. The van der Waals surface area contributed by atoms with E-state index in [4.69, 9.17) is 4.74 Å². The second-order valence-electron chi connectivity index (χ2n) is 8.56. The van der Waals surface area contributed by atoms with Gasteiger partial charge in [-0.05, 0) is 37.0 Å². The van der Waals surface area contributed by atoms with E-state index in [-0.39, 0.29) is 36.4 Å². The van der Waals surface area contributed by atoms with Crippen molar-refractivity contribution in [3.63, 3.8) is 0 Å². The van der Waals surface area contributed by atoms with Gasteiger partial charge in [0, 0.05) is 11.3 Å². The fraction of sp³-hybridized carbons (Fsp3) is 0.750. The molecule has 2 aliphatic carbocycles. The summed E-state index contributed by atoms with van der Waals surface area (Å²) in [5, 5.41) is 30.4. The summed E-state index contributed by atoms with van der Waals surface area (Å²) in [6.07, 6.45) is 5.72.